The third-order valence-corrected chi connectivity index (χ3v) is 2.50. The molecule has 2 rings (SSSR count). The van der Waals surface area contributed by atoms with Gasteiger partial charge < -0.3 is 10.4 Å². The molecule has 1 aromatic carbocycles. The van der Waals surface area contributed by atoms with Crippen molar-refractivity contribution in [1.29, 1.82) is 0 Å². The molecule has 0 saturated heterocycles. The summed E-state index contributed by atoms with van der Waals surface area (Å²) >= 11 is 0. The minimum Gasteiger partial charge on any atom is -0.506 e. The number of amides is 1. The van der Waals surface area contributed by atoms with E-state index >= 15 is 0 Å². The van der Waals surface area contributed by atoms with Gasteiger partial charge in [-0.15, -0.1) is 0 Å². The van der Waals surface area contributed by atoms with Gasteiger partial charge in [-0.1, -0.05) is 0 Å². The molecule has 20 heavy (non-hydrogen) atoms. The Bertz CT molecular complexity index is 626. The van der Waals surface area contributed by atoms with Gasteiger partial charge >= 0.3 is 0 Å². The first-order chi connectivity index (χ1) is 9.56. The van der Waals surface area contributed by atoms with Crippen molar-refractivity contribution in [2.45, 2.75) is 13.0 Å². The normalized spacial score (nSPS) is 10.2. The zero-order chi connectivity index (χ0) is 14.5. The summed E-state index contributed by atoms with van der Waals surface area (Å²) in [6, 6.07) is 3.41. The molecule has 0 atom stereocenters. The van der Waals surface area contributed by atoms with Crippen molar-refractivity contribution in [1.82, 2.24) is 14.8 Å². The Balaban J connectivity index is 2.00. The van der Waals surface area contributed by atoms with Gasteiger partial charge in [-0.2, -0.15) is 5.10 Å². The van der Waals surface area contributed by atoms with Gasteiger partial charge in [-0.3, -0.25) is 19.6 Å². The topological polar surface area (TPSA) is 123 Å². The van der Waals surface area contributed by atoms with Crippen LogP contribution in [0.3, 0.4) is 0 Å². The van der Waals surface area contributed by atoms with Gasteiger partial charge in [0.05, 0.1) is 17.2 Å². The fourth-order valence-electron chi connectivity index (χ4n) is 1.51. The minimum atomic E-state index is -0.607. The number of nitrogens with zero attached hydrogens (tertiary/aromatic N) is 4. The van der Waals surface area contributed by atoms with Gasteiger partial charge in [-0.05, 0) is 6.07 Å². The van der Waals surface area contributed by atoms with Gasteiger partial charge in [0.1, 0.15) is 18.4 Å². The second-order valence-electron chi connectivity index (χ2n) is 3.92. The van der Waals surface area contributed by atoms with E-state index in [9.17, 15) is 20.0 Å². The number of nitrogens with one attached hydrogen (secondary N) is 1. The van der Waals surface area contributed by atoms with Gasteiger partial charge in [-0.25, -0.2) is 4.98 Å². The third kappa shape index (κ3) is 3.28. The lowest BCUT2D eigenvalue weighted by molar-refractivity contribution is -0.384. The van der Waals surface area contributed by atoms with Crippen molar-refractivity contribution >= 4 is 17.3 Å². The number of benzene rings is 1. The summed E-state index contributed by atoms with van der Waals surface area (Å²) < 4.78 is 1.48. The number of hydrogen-bond acceptors (Lipinski definition) is 6. The molecular weight excluding hydrogens is 266 g/mol. The standard InChI is InChI=1S/C11H11N5O4/c17-10-2-1-8(16(19)20)5-9(10)14-11(18)3-4-15-7-12-6-13-15/h1-2,5-7,17H,3-4H2,(H,14,18). The van der Waals surface area contributed by atoms with E-state index in [0.717, 1.165) is 18.2 Å². The molecule has 104 valence electrons. The Morgan fingerprint density at radius 1 is 1.50 bits per heavy atom. The second-order valence-corrected chi connectivity index (χ2v) is 3.92. The van der Waals surface area contributed by atoms with Crippen LogP contribution in [0.25, 0.3) is 0 Å². The fourth-order valence-corrected chi connectivity index (χ4v) is 1.51. The highest BCUT2D eigenvalue weighted by Crippen LogP contribution is 2.27. The molecule has 2 N–H and O–H groups in total. The average molecular weight is 277 g/mol. The zero-order valence-corrected chi connectivity index (χ0v) is 10.3. The number of carbonyl (C=O) groups is 1. The van der Waals surface area contributed by atoms with Crippen molar-refractivity contribution in [3.05, 3.63) is 41.0 Å². The summed E-state index contributed by atoms with van der Waals surface area (Å²) in [5, 5.41) is 26.4. The van der Waals surface area contributed by atoms with Crippen LogP contribution in [0.15, 0.2) is 30.9 Å². The van der Waals surface area contributed by atoms with Crippen molar-refractivity contribution < 1.29 is 14.8 Å². The maximum Gasteiger partial charge on any atom is 0.271 e. The highest BCUT2D eigenvalue weighted by atomic mass is 16.6. The van der Waals surface area contributed by atoms with Crippen molar-refractivity contribution in [3.8, 4) is 5.75 Å². The zero-order valence-electron chi connectivity index (χ0n) is 10.3. The molecule has 0 aliphatic carbocycles. The van der Waals surface area contributed by atoms with E-state index in [4.69, 9.17) is 0 Å². The van der Waals surface area contributed by atoms with Crippen LogP contribution in [0.1, 0.15) is 6.42 Å². The van der Waals surface area contributed by atoms with Crippen molar-refractivity contribution in [2.24, 2.45) is 0 Å². The predicted molar refractivity (Wildman–Crippen MR) is 68.0 cm³/mol. The Morgan fingerprint density at radius 2 is 2.30 bits per heavy atom. The molecule has 9 nitrogen and oxygen atoms in total. The third-order valence-electron chi connectivity index (χ3n) is 2.50. The number of rotatable bonds is 5. The van der Waals surface area contributed by atoms with Crippen LogP contribution in [0.5, 0.6) is 5.75 Å². The molecule has 0 bridgehead atoms. The number of aromatic nitrogens is 3. The quantitative estimate of drug-likeness (QED) is 0.476. The second kappa shape index (κ2) is 5.78. The number of anilines is 1. The molecule has 0 saturated carbocycles. The Morgan fingerprint density at radius 3 is 2.95 bits per heavy atom. The van der Waals surface area contributed by atoms with Crippen LogP contribution in [0.2, 0.25) is 0 Å². The number of aryl methyl sites for hydroxylation is 1. The molecule has 0 aliphatic heterocycles. The van der Waals surface area contributed by atoms with E-state index in [-0.39, 0.29) is 23.5 Å². The van der Waals surface area contributed by atoms with Crippen LogP contribution in [0.4, 0.5) is 11.4 Å². The predicted octanol–water partition coefficient (Wildman–Crippen LogP) is 0.921. The van der Waals surface area contributed by atoms with Crippen LogP contribution >= 0.6 is 0 Å². The summed E-state index contributed by atoms with van der Waals surface area (Å²) in [7, 11) is 0. The maximum atomic E-state index is 11.7. The molecule has 1 aromatic heterocycles. The van der Waals surface area contributed by atoms with E-state index in [2.05, 4.69) is 15.4 Å². The first kappa shape index (κ1) is 13.5. The average Bonchev–Trinajstić information content (AvgIpc) is 2.92. The van der Waals surface area contributed by atoms with Gasteiger partial charge in [0.15, 0.2) is 0 Å². The SMILES string of the molecule is O=C(CCn1cncn1)Nc1cc([N+](=O)[O-])ccc1O. The molecular formula is C11H11N5O4. The first-order valence-electron chi connectivity index (χ1n) is 5.66. The number of hydrogen-bond donors (Lipinski definition) is 2. The molecule has 2 aromatic rings. The molecule has 9 heteroatoms. The Labute approximate surface area is 113 Å². The van der Waals surface area contributed by atoms with Crippen LogP contribution in [0, 0.1) is 10.1 Å². The number of phenolic OH excluding ortho intramolecular Hbond substituents is 1. The largest absolute Gasteiger partial charge is 0.506 e. The number of nitro groups is 1. The van der Waals surface area contributed by atoms with Gasteiger partial charge in [0.25, 0.3) is 5.69 Å². The Hall–Kier alpha value is -2.97. The van der Waals surface area contributed by atoms with Crippen molar-refractivity contribution in [3.63, 3.8) is 0 Å². The van der Waals surface area contributed by atoms with E-state index in [1.165, 1.54) is 17.3 Å². The minimum absolute atomic E-state index is 0.00258. The Kier molecular flexibility index (Phi) is 3.89. The fraction of sp³-hybridized carbons (Fsp3) is 0.182. The van der Waals surface area contributed by atoms with Gasteiger partial charge in [0, 0.05) is 18.6 Å². The van der Waals surface area contributed by atoms with E-state index in [0.29, 0.717) is 6.54 Å². The molecule has 0 aliphatic rings. The first-order valence-corrected chi connectivity index (χ1v) is 5.66. The molecule has 1 heterocycles. The van der Waals surface area contributed by atoms with Crippen molar-refractivity contribution in [2.75, 3.05) is 5.32 Å². The summed E-state index contributed by atoms with van der Waals surface area (Å²) in [5.41, 5.74) is -0.211. The monoisotopic (exact) mass is 277 g/mol. The lowest BCUT2D eigenvalue weighted by Gasteiger charge is -2.07. The molecule has 0 spiro atoms. The molecule has 0 fully saturated rings. The molecule has 1 amide bonds. The van der Waals surface area contributed by atoms with Crippen LogP contribution in [-0.2, 0) is 11.3 Å². The van der Waals surface area contributed by atoms with Crippen LogP contribution in [-0.4, -0.2) is 30.7 Å². The number of phenols is 1. The summed E-state index contributed by atoms with van der Waals surface area (Å²) in [6.07, 6.45) is 2.92. The lowest BCUT2D eigenvalue weighted by atomic mass is 10.2. The smallest absolute Gasteiger partial charge is 0.271 e. The highest BCUT2D eigenvalue weighted by molar-refractivity contribution is 5.92. The summed E-state index contributed by atoms with van der Waals surface area (Å²) in [5.74, 6) is -0.624. The number of nitro benzene ring substituents is 1. The maximum absolute atomic E-state index is 11.7. The van der Waals surface area contributed by atoms with Crippen LogP contribution < -0.4 is 5.32 Å². The van der Waals surface area contributed by atoms with E-state index < -0.39 is 10.8 Å². The van der Waals surface area contributed by atoms with E-state index in [1.54, 1.807) is 0 Å². The number of carbonyl (C=O) groups excluding carboxylic acids is 1. The molecule has 0 unspecified atom stereocenters. The molecule has 0 radical (unpaired) electrons. The number of non-ortho nitro benzene ring substituents is 1. The summed E-state index contributed by atoms with van der Waals surface area (Å²) in [6.45, 7) is 0.321. The lowest BCUT2D eigenvalue weighted by Crippen LogP contribution is -2.15. The summed E-state index contributed by atoms with van der Waals surface area (Å²) in [4.78, 5) is 25.4. The van der Waals surface area contributed by atoms with Gasteiger partial charge in [0.2, 0.25) is 5.91 Å². The number of aromatic hydroxyl groups is 1. The van der Waals surface area contributed by atoms with E-state index in [1.807, 2.05) is 0 Å². The highest BCUT2D eigenvalue weighted by Gasteiger charge is 2.12.